The lowest BCUT2D eigenvalue weighted by Gasteiger charge is -2.06. The molecule has 1 aliphatic carbocycles. The average Bonchev–Trinajstić information content (AvgIpc) is 3.09. The number of allylic oxidation sites excluding steroid dienone is 4. The molecule has 0 aromatic rings. The molecule has 1 fully saturated rings. The minimum absolute atomic E-state index is 0.0128. The Morgan fingerprint density at radius 2 is 2.35 bits per heavy atom. The molecule has 1 saturated heterocycles. The molecule has 0 aromatic carbocycles. The maximum absolute atomic E-state index is 11.8. The molecule has 0 saturated carbocycles. The normalized spacial score (nSPS) is 29.8. The molecule has 2 aliphatic rings. The van der Waals surface area contributed by atoms with Crippen LogP contribution in [-0.4, -0.2) is 31.1 Å². The van der Waals surface area contributed by atoms with Gasteiger partial charge in [0, 0.05) is 17.9 Å². The highest BCUT2D eigenvalue weighted by atomic mass is 16.6. The Morgan fingerprint density at radius 3 is 3.05 bits per heavy atom. The van der Waals surface area contributed by atoms with E-state index in [0.717, 1.165) is 24.8 Å². The van der Waals surface area contributed by atoms with Crippen LogP contribution in [0.3, 0.4) is 0 Å². The van der Waals surface area contributed by atoms with Crippen LogP contribution in [0, 0.1) is 5.92 Å². The second-order valence-electron chi connectivity index (χ2n) is 5.08. The van der Waals surface area contributed by atoms with Crippen molar-refractivity contribution in [1.82, 2.24) is 0 Å². The summed E-state index contributed by atoms with van der Waals surface area (Å²) in [5, 5.41) is 0. The van der Waals surface area contributed by atoms with Crippen LogP contribution in [0.25, 0.3) is 0 Å². The van der Waals surface area contributed by atoms with E-state index in [0.29, 0.717) is 6.42 Å². The lowest BCUT2D eigenvalue weighted by molar-refractivity contribution is -0.140. The summed E-state index contributed by atoms with van der Waals surface area (Å²) in [7, 11) is 1.39. The molecule has 3 atom stereocenters. The maximum Gasteiger partial charge on any atom is 0.305 e. The SMILES string of the molecule is C=CC[C@H]1C=CC(=O)/C1=C/[C@@H]1O[C@H]1CCCC(=O)OC. The maximum atomic E-state index is 11.8. The third-order valence-corrected chi connectivity index (χ3v) is 3.65. The van der Waals surface area contributed by atoms with Gasteiger partial charge >= 0.3 is 5.97 Å². The van der Waals surface area contributed by atoms with E-state index < -0.39 is 0 Å². The molecule has 2 rings (SSSR count). The number of carbonyl (C=O) groups excluding carboxylic acids is 2. The molecule has 0 amide bonds. The quantitative estimate of drug-likeness (QED) is 0.310. The van der Waals surface area contributed by atoms with Crippen molar-refractivity contribution < 1.29 is 19.1 Å². The second kappa shape index (κ2) is 6.66. The van der Waals surface area contributed by atoms with E-state index in [4.69, 9.17) is 4.74 Å². The van der Waals surface area contributed by atoms with Crippen LogP contribution in [0.5, 0.6) is 0 Å². The van der Waals surface area contributed by atoms with Crippen molar-refractivity contribution in [2.75, 3.05) is 7.11 Å². The number of ketones is 1. The van der Waals surface area contributed by atoms with Crippen molar-refractivity contribution >= 4 is 11.8 Å². The summed E-state index contributed by atoms with van der Waals surface area (Å²) < 4.78 is 10.1. The van der Waals surface area contributed by atoms with Crippen molar-refractivity contribution in [3.05, 3.63) is 36.5 Å². The van der Waals surface area contributed by atoms with Crippen molar-refractivity contribution in [3.8, 4) is 0 Å². The third-order valence-electron chi connectivity index (χ3n) is 3.65. The Hall–Kier alpha value is -1.68. The topological polar surface area (TPSA) is 55.9 Å². The summed E-state index contributed by atoms with van der Waals surface area (Å²) in [6.45, 7) is 3.71. The first kappa shape index (κ1) is 14.7. The number of methoxy groups -OCH3 is 1. The van der Waals surface area contributed by atoms with Gasteiger partial charge in [-0.15, -0.1) is 6.58 Å². The van der Waals surface area contributed by atoms with Gasteiger partial charge in [-0.3, -0.25) is 9.59 Å². The Kier molecular flexibility index (Phi) is 4.90. The van der Waals surface area contributed by atoms with Crippen LogP contribution in [0.2, 0.25) is 0 Å². The molecule has 108 valence electrons. The van der Waals surface area contributed by atoms with Crippen LogP contribution in [0.4, 0.5) is 0 Å². The van der Waals surface area contributed by atoms with E-state index in [1.165, 1.54) is 7.11 Å². The highest BCUT2D eigenvalue weighted by Gasteiger charge is 2.38. The molecule has 0 N–H and O–H groups in total. The fraction of sp³-hybridized carbons (Fsp3) is 0.500. The van der Waals surface area contributed by atoms with E-state index in [2.05, 4.69) is 11.3 Å². The molecule has 4 nitrogen and oxygen atoms in total. The van der Waals surface area contributed by atoms with Gasteiger partial charge in [0.15, 0.2) is 5.78 Å². The first-order valence-electron chi connectivity index (χ1n) is 6.93. The summed E-state index contributed by atoms with van der Waals surface area (Å²) in [6, 6.07) is 0. The largest absolute Gasteiger partial charge is 0.469 e. The third kappa shape index (κ3) is 3.67. The summed E-state index contributed by atoms with van der Waals surface area (Å²) in [4.78, 5) is 22.8. The van der Waals surface area contributed by atoms with Gasteiger partial charge in [-0.25, -0.2) is 0 Å². The Labute approximate surface area is 119 Å². The van der Waals surface area contributed by atoms with Gasteiger partial charge < -0.3 is 9.47 Å². The monoisotopic (exact) mass is 276 g/mol. The number of hydrogen-bond donors (Lipinski definition) is 0. The molecule has 0 spiro atoms. The molecule has 1 heterocycles. The van der Waals surface area contributed by atoms with E-state index in [1.807, 2.05) is 18.2 Å². The summed E-state index contributed by atoms with van der Waals surface area (Å²) in [5.74, 6) is 0.0161. The standard InChI is InChI=1S/C16H20O4/c1-3-5-11-8-9-13(17)12(11)10-15-14(20-15)6-4-7-16(18)19-2/h3,8-11,14-15H,1,4-7H2,2H3/b12-10+/t11-,14-,15-/m0/s1. The molecular weight excluding hydrogens is 256 g/mol. The minimum Gasteiger partial charge on any atom is -0.469 e. The summed E-state index contributed by atoms with van der Waals surface area (Å²) in [6.07, 6.45) is 10.2. The van der Waals surface area contributed by atoms with Gasteiger partial charge in [-0.1, -0.05) is 12.2 Å². The zero-order valence-electron chi connectivity index (χ0n) is 11.7. The van der Waals surface area contributed by atoms with Gasteiger partial charge in [0.25, 0.3) is 0 Å². The molecule has 0 bridgehead atoms. The molecular formula is C16H20O4. The predicted molar refractivity (Wildman–Crippen MR) is 75.1 cm³/mol. The van der Waals surface area contributed by atoms with Crippen LogP contribution in [0.15, 0.2) is 36.5 Å². The number of esters is 1. The van der Waals surface area contributed by atoms with E-state index >= 15 is 0 Å². The van der Waals surface area contributed by atoms with Crippen LogP contribution < -0.4 is 0 Å². The number of carbonyl (C=O) groups is 2. The summed E-state index contributed by atoms with van der Waals surface area (Å²) in [5.41, 5.74) is 0.811. The van der Waals surface area contributed by atoms with Crippen LogP contribution >= 0.6 is 0 Å². The molecule has 0 aromatic heterocycles. The predicted octanol–water partition coefficient (Wildman–Crippen LogP) is 2.35. The van der Waals surface area contributed by atoms with Gasteiger partial charge in [0.1, 0.15) is 6.10 Å². The number of hydrogen-bond acceptors (Lipinski definition) is 4. The first-order valence-corrected chi connectivity index (χ1v) is 6.93. The molecule has 1 aliphatic heterocycles. The van der Waals surface area contributed by atoms with E-state index in [-0.39, 0.29) is 29.9 Å². The molecule has 0 unspecified atom stereocenters. The van der Waals surface area contributed by atoms with E-state index in [9.17, 15) is 9.59 Å². The van der Waals surface area contributed by atoms with Crippen molar-refractivity contribution in [1.29, 1.82) is 0 Å². The number of ether oxygens (including phenoxy) is 2. The fourth-order valence-corrected chi connectivity index (χ4v) is 2.44. The van der Waals surface area contributed by atoms with Crippen molar-refractivity contribution in [2.45, 2.75) is 37.9 Å². The minimum atomic E-state index is -0.193. The second-order valence-corrected chi connectivity index (χ2v) is 5.08. The van der Waals surface area contributed by atoms with Gasteiger partial charge in [0.05, 0.1) is 13.2 Å². The Bertz CT molecular complexity index is 461. The van der Waals surface area contributed by atoms with Crippen molar-refractivity contribution in [2.24, 2.45) is 5.92 Å². The summed E-state index contributed by atoms with van der Waals surface area (Å²) >= 11 is 0. The number of rotatable bonds is 7. The van der Waals surface area contributed by atoms with Crippen LogP contribution in [-0.2, 0) is 19.1 Å². The first-order chi connectivity index (χ1) is 9.65. The number of epoxide rings is 1. The smallest absolute Gasteiger partial charge is 0.305 e. The van der Waals surface area contributed by atoms with Gasteiger partial charge in [0.2, 0.25) is 0 Å². The van der Waals surface area contributed by atoms with Crippen LogP contribution in [0.1, 0.15) is 25.7 Å². The molecule has 4 heteroatoms. The lowest BCUT2D eigenvalue weighted by Crippen LogP contribution is -2.05. The zero-order valence-corrected chi connectivity index (χ0v) is 11.7. The molecule has 0 radical (unpaired) electrons. The highest BCUT2D eigenvalue weighted by Crippen LogP contribution is 2.33. The van der Waals surface area contributed by atoms with Crippen molar-refractivity contribution in [3.63, 3.8) is 0 Å². The highest BCUT2D eigenvalue weighted by molar-refractivity contribution is 6.07. The zero-order chi connectivity index (χ0) is 14.5. The van der Waals surface area contributed by atoms with E-state index in [1.54, 1.807) is 6.08 Å². The van der Waals surface area contributed by atoms with Gasteiger partial charge in [-0.2, -0.15) is 0 Å². The fourth-order valence-electron chi connectivity index (χ4n) is 2.44. The Balaban J connectivity index is 1.80. The van der Waals surface area contributed by atoms with Gasteiger partial charge in [-0.05, 0) is 31.4 Å². The molecule has 20 heavy (non-hydrogen) atoms. The lowest BCUT2D eigenvalue weighted by atomic mass is 9.97. The average molecular weight is 276 g/mol. The Morgan fingerprint density at radius 1 is 1.55 bits per heavy atom.